The smallest absolute Gasteiger partial charge is 0.329 e. The third-order valence-corrected chi connectivity index (χ3v) is 4.39. The first-order valence-corrected chi connectivity index (χ1v) is 7.61. The van der Waals surface area contributed by atoms with Crippen LogP contribution in [0.3, 0.4) is 0 Å². The van der Waals surface area contributed by atoms with Crippen molar-refractivity contribution in [1.29, 1.82) is 0 Å². The Morgan fingerprint density at radius 1 is 1.18 bits per heavy atom. The topological polar surface area (TPSA) is 83.7 Å². The van der Waals surface area contributed by atoms with Gasteiger partial charge in [-0.3, -0.25) is 4.79 Å². The van der Waals surface area contributed by atoms with E-state index >= 15 is 0 Å². The lowest BCUT2D eigenvalue weighted by Gasteiger charge is -2.29. The van der Waals surface area contributed by atoms with Crippen LogP contribution < -0.4 is 5.32 Å². The quantitative estimate of drug-likeness (QED) is 0.852. The summed E-state index contributed by atoms with van der Waals surface area (Å²) in [6.07, 6.45) is 7.87. The number of carbonyl (C=O) groups is 2. The predicted octanol–water partition coefficient (Wildman–Crippen LogP) is 2.24. The number of carboxylic acid groups (broad SMARTS) is 1. The molecule has 0 spiro atoms. The Bertz CT molecular complexity index is 699. The van der Waals surface area contributed by atoms with E-state index in [4.69, 9.17) is 0 Å². The Kier molecular flexibility index (Phi) is 3.83. The number of fused-ring (bicyclic) bond motifs is 1. The molecule has 0 bridgehead atoms. The van der Waals surface area contributed by atoms with E-state index < -0.39 is 11.5 Å². The van der Waals surface area contributed by atoms with Crippen molar-refractivity contribution in [1.82, 2.24) is 14.9 Å². The minimum atomic E-state index is -1.16. The fourth-order valence-electron chi connectivity index (χ4n) is 3.12. The van der Waals surface area contributed by atoms with E-state index in [0.29, 0.717) is 23.9 Å². The molecule has 1 amide bonds. The molecule has 116 valence electrons. The maximum Gasteiger partial charge on any atom is 0.329 e. The zero-order valence-electron chi connectivity index (χ0n) is 12.3. The number of pyridine rings is 1. The zero-order valence-corrected chi connectivity index (χ0v) is 12.3. The summed E-state index contributed by atoms with van der Waals surface area (Å²) >= 11 is 0. The molecule has 6 nitrogen and oxygen atoms in total. The second kappa shape index (κ2) is 5.79. The van der Waals surface area contributed by atoms with Crippen molar-refractivity contribution in [3.63, 3.8) is 0 Å². The van der Waals surface area contributed by atoms with E-state index in [0.717, 1.165) is 25.7 Å². The molecule has 3 rings (SSSR count). The molecule has 0 aliphatic heterocycles. The molecular formula is C16H19N3O3. The molecule has 1 fully saturated rings. The normalized spacial score (nSPS) is 17.8. The molecule has 6 heteroatoms. The van der Waals surface area contributed by atoms with Crippen molar-refractivity contribution >= 4 is 17.4 Å². The number of nitrogens with zero attached hydrogens (tertiary/aromatic N) is 2. The van der Waals surface area contributed by atoms with Gasteiger partial charge in [-0.05, 0) is 25.0 Å². The van der Waals surface area contributed by atoms with Gasteiger partial charge in [0.1, 0.15) is 5.54 Å². The largest absolute Gasteiger partial charge is 0.480 e. The Balaban J connectivity index is 1.89. The van der Waals surface area contributed by atoms with E-state index in [2.05, 4.69) is 10.4 Å². The Hall–Kier alpha value is -2.37. The molecule has 0 radical (unpaired) electrons. The molecule has 2 aromatic heterocycles. The van der Waals surface area contributed by atoms with Crippen LogP contribution in [0.2, 0.25) is 0 Å². The van der Waals surface area contributed by atoms with E-state index in [1.807, 2.05) is 12.1 Å². The third-order valence-electron chi connectivity index (χ3n) is 4.39. The average Bonchev–Trinajstić information content (AvgIpc) is 2.80. The Morgan fingerprint density at radius 3 is 2.59 bits per heavy atom. The molecule has 1 saturated carbocycles. The first kappa shape index (κ1) is 14.6. The third kappa shape index (κ3) is 2.56. The monoisotopic (exact) mass is 301 g/mol. The number of amides is 1. The van der Waals surface area contributed by atoms with Crippen LogP contribution in [0.15, 0.2) is 30.6 Å². The number of hydrogen-bond acceptors (Lipinski definition) is 3. The fraction of sp³-hybridized carbons (Fsp3) is 0.438. The summed E-state index contributed by atoms with van der Waals surface area (Å²) in [6.45, 7) is 0. The van der Waals surface area contributed by atoms with Crippen LogP contribution in [-0.2, 0) is 4.79 Å². The number of aliphatic carboxylic acids is 1. The van der Waals surface area contributed by atoms with Crippen LogP contribution in [0.4, 0.5) is 0 Å². The van der Waals surface area contributed by atoms with Crippen molar-refractivity contribution < 1.29 is 14.7 Å². The van der Waals surface area contributed by atoms with Crippen molar-refractivity contribution in [3.05, 3.63) is 36.2 Å². The molecule has 1 aliphatic carbocycles. The van der Waals surface area contributed by atoms with Gasteiger partial charge in [-0.15, -0.1) is 0 Å². The van der Waals surface area contributed by atoms with E-state index in [-0.39, 0.29) is 5.91 Å². The number of carbonyl (C=O) groups excluding carboxylic acids is 1. The number of carboxylic acids is 1. The molecule has 0 saturated heterocycles. The highest BCUT2D eigenvalue weighted by Gasteiger charge is 2.40. The Morgan fingerprint density at radius 2 is 1.91 bits per heavy atom. The summed E-state index contributed by atoms with van der Waals surface area (Å²) in [7, 11) is 0. The summed E-state index contributed by atoms with van der Waals surface area (Å²) in [5.74, 6) is -1.32. The van der Waals surface area contributed by atoms with Crippen molar-refractivity contribution in [2.45, 2.75) is 44.1 Å². The SMILES string of the molecule is O=C(NC1(C(=O)O)CCCCCC1)c1cnn2ccccc12. The van der Waals surface area contributed by atoms with Gasteiger partial charge in [-0.25, -0.2) is 9.31 Å². The zero-order chi connectivity index (χ0) is 15.6. The van der Waals surface area contributed by atoms with Crippen LogP contribution in [-0.4, -0.2) is 32.1 Å². The molecule has 0 aromatic carbocycles. The van der Waals surface area contributed by atoms with Gasteiger partial charge in [0.2, 0.25) is 0 Å². The van der Waals surface area contributed by atoms with Gasteiger partial charge in [0.05, 0.1) is 17.3 Å². The second-order valence-corrected chi connectivity index (χ2v) is 5.84. The molecule has 2 aromatic rings. The van der Waals surface area contributed by atoms with Gasteiger partial charge in [-0.2, -0.15) is 5.10 Å². The van der Waals surface area contributed by atoms with Gasteiger partial charge in [0, 0.05) is 6.20 Å². The highest BCUT2D eigenvalue weighted by atomic mass is 16.4. The van der Waals surface area contributed by atoms with Gasteiger partial charge in [0.15, 0.2) is 0 Å². The molecule has 0 unspecified atom stereocenters. The Labute approximate surface area is 128 Å². The number of nitrogens with one attached hydrogen (secondary N) is 1. The minimum Gasteiger partial charge on any atom is -0.480 e. The molecule has 22 heavy (non-hydrogen) atoms. The van der Waals surface area contributed by atoms with Gasteiger partial charge in [-0.1, -0.05) is 31.7 Å². The predicted molar refractivity (Wildman–Crippen MR) is 80.7 cm³/mol. The van der Waals surface area contributed by atoms with Crippen molar-refractivity contribution in [2.24, 2.45) is 0 Å². The van der Waals surface area contributed by atoms with Gasteiger partial charge >= 0.3 is 5.97 Å². The first-order valence-electron chi connectivity index (χ1n) is 7.61. The molecule has 1 aliphatic rings. The fourth-order valence-corrected chi connectivity index (χ4v) is 3.12. The second-order valence-electron chi connectivity index (χ2n) is 5.84. The highest BCUT2D eigenvalue weighted by molar-refractivity contribution is 6.02. The van der Waals surface area contributed by atoms with Crippen molar-refractivity contribution in [3.8, 4) is 0 Å². The van der Waals surface area contributed by atoms with Crippen molar-refractivity contribution in [2.75, 3.05) is 0 Å². The van der Waals surface area contributed by atoms with E-state index in [1.54, 1.807) is 16.8 Å². The standard InChI is InChI=1S/C16H19N3O3/c20-14(12-11-17-19-10-6-3-7-13(12)19)18-16(15(21)22)8-4-1-2-5-9-16/h3,6-7,10-11H,1-2,4-5,8-9H2,(H,18,20)(H,21,22). The van der Waals surface area contributed by atoms with Crippen LogP contribution in [0, 0.1) is 0 Å². The lowest BCUT2D eigenvalue weighted by Crippen LogP contribution is -2.54. The maximum absolute atomic E-state index is 12.6. The van der Waals surface area contributed by atoms with Crippen LogP contribution in [0.5, 0.6) is 0 Å². The first-order chi connectivity index (χ1) is 10.6. The molecule has 2 N–H and O–H groups in total. The van der Waals surface area contributed by atoms with Gasteiger partial charge < -0.3 is 10.4 Å². The average molecular weight is 301 g/mol. The molecular weight excluding hydrogens is 282 g/mol. The lowest BCUT2D eigenvalue weighted by atomic mass is 9.90. The molecule has 2 heterocycles. The lowest BCUT2D eigenvalue weighted by molar-refractivity contribution is -0.145. The summed E-state index contributed by atoms with van der Waals surface area (Å²) in [6, 6.07) is 5.45. The van der Waals surface area contributed by atoms with E-state index in [9.17, 15) is 14.7 Å². The number of hydrogen-bond donors (Lipinski definition) is 2. The molecule has 0 atom stereocenters. The summed E-state index contributed by atoms with van der Waals surface area (Å²) in [4.78, 5) is 24.3. The van der Waals surface area contributed by atoms with Crippen LogP contribution >= 0.6 is 0 Å². The summed E-state index contributed by atoms with van der Waals surface area (Å²) in [5.41, 5.74) is -0.0731. The minimum absolute atomic E-state index is 0.370. The maximum atomic E-state index is 12.6. The number of aromatic nitrogens is 2. The highest BCUT2D eigenvalue weighted by Crippen LogP contribution is 2.28. The van der Waals surface area contributed by atoms with Crippen LogP contribution in [0.1, 0.15) is 48.9 Å². The van der Waals surface area contributed by atoms with Gasteiger partial charge in [0.25, 0.3) is 5.91 Å². The number of rotatable bonds is 3. The van der Waals surface area contributed by atoms with E-state index in [1.165, 1.54) is 6.20 Å². The summed E-state index contributed by atoms with van der Waals surface area (Å²) < 4.78 is 1.61. The van der Waals surface area contributed by atoms with Crippen LogP contribution in [0.25, 0.3) is 5.52 Å². The summed E-state index contributed by atoms with van der Waals surface area (Å²) in [5, 5.41) is 16.5.